The molecule has 0 aliphatic heterocycles. The molecule has 0 bridgehead atoms. The van der Waals surface area contributed by atoms with Gasteiger partial charge in [0.15, 0.2) is 0 Å². The highest BCUT2D eigenvalue weighted by Gasteiger charge is 1.96. The van der Waals surface area contributed by atoms with E-state index in [9.17, 15) is 0 Å². The van der Waals surface area contributed by atoms with Crippen molar-refractivity contribution in [1.82, 2.24) is 5.32 Å². The van der Waals surface area contributed by atoms with E-state index in [1.165, 1.54) is 5.56 Å². The number of ether oxygens (including phenoxy) is 1. The number of hydrogen-bond acceptors (Lipinski definition) is 3. The van der Waals surface area contributed by atoms with E-state index in [-0.39, 0.29) is 6.04 Å². The minimum atomic E-state index is 0.195. The van der Waals surface area contributed by atoms with Crippen LogP contribution in [-0.4, -0.2) is 19.7 Å². The van der Waals surface area contributed by atoms with Crippen LogP contribution in [0, 0.1) is 0 Å². The molecule has 1 atom stereocenters. The molecule has 1 unspecified atom stereocenters. The average Bonchev–Trinajstić information content (AvgIpc) is 2.18. The lowest BCUT2D eigenvalue weighted by atomic mass is 10.2. The Balaban J connectivity index is 2.42. The average molecular weight is 194 g/mol. The maximum Gasteiger partial charge on any atom is 0.119 e. The van der Waals surface area contributed by atoms with Gasteiger partial charge < -0.3 is 15.8 Å². The molecule has 14 heavy (non-hydrogen) atoms. The van der Waals surface area contributed by atoms with Gasteiger partial charge in [0.05, 0.1) is 7.11 Å². The first kappa shape index (κ1) is 11.0. The molecule has 3 nitrogen and oxygen atoms in total. The van der Waals surface area contributed by atoms with Crippen LogP contribution in [0.3, 0.4) is 0 Å². The van der Waals surface area contributed by atoms with Crippen LogP contribution in [-0.2, 0) is 6.54 Å². The molecule has 1 rings (SSSR count). The Morgan fingerprint density at radius 1 is 1.50 bits per heavy atom. The monoisotopic (exact) mass is 194 g/mol. The van der Waals surface area contributed by atoms with Gasteiger partial charge in [-0.2, -0.15) is 0 Å². The van der Waals surface area contributed by atoms with Crippen LogP contribution in [0.25, 0.3) is 0 Å². The van der Waals surface area contributed by atoms with Gasteiger partial charge in [0.1, 0.15) is 5.75 Å². The summed E-state index contributed by atoms with van der Waals surface area (Å²) in [6.07, 6.45) is 0. The SMILES string of the molecule is COc1cccc(CNCC(C)N)c1. The Labute approximate surface area is 85.3 Å². The van der Waals surface area contributed by atoms with Gasteiger partial charge in [-0.15, -0.1) is 0 Å². The minimum Gasteiger partial charge on any atom is -0.497 e. The largest absolute Gasteiger partial charge is 0.497 e. The summed E-state index contributed by atoms with van der Waals surface area (Å²) in [4.78, 5) is 0. The lowest BCUT2D eigenvalue weighted by molar-refractivity contribution is 0.414. The Morgan fingerprint density at radius 3 is 2.93 bits per heavy atom. The highest BCUT2D eigenvalue weighted by Crippen LogP contribution is 2.11. The minimum absolute atomic E-state index is 0.195. The molecule has 0 aromatic heterocycles. The molecule has 0 saturated carbocycles. The van der Waals surface area contributed by atoms with E-state index in [0.717, 1.165) is 18.8 Å². The molecule has 3 heteroatoms. The lowest BCUT2D eigenvalue weighted by Gasteiger charge is -2.08. The van der Waals surface area contributed by atoms with Crippen LogP contribution in [0.2, 0.25) is 0 Å². The maximum atomic E-state index is 5.63. The molecule has 0 spiro atoms. The molecular formula is C11H18N2O. The van der Waals surface area contributed by atoms with Gasteiger partial charge in [-0.3, -0.25) is 0 Å². The first-order valence-corrected chi connectivity index (χ1v) is 4.81. The van der Waals surface area contributed by atoms with Crippen molar-refractivity contribution in [2.45, 2.75) is 19.5 Å². The molecular weight excluding hydrogens is 176 g/mol. The Bertz CT molecular complexity index is 274. The van der Waals surface area contributed by atoms with E-state index < -0.39 is 0 Å². The molecule has 0 heterocycles. The number of methoxy groups -OCH3 is 1. The Kier molecular flexibility index (Phi) is 4.43. The van der Waals surface area contributed by atoms with E-state index in [4.69, 9.17) is 10.5 Å². The normalized spacial score (nSPS) is 12.5. The quantitative estimate of drug-likeness (QED) is 0.738. The zero-order chi connectivity index (χ0) is 10.4. The highest BCUT2D eigenvalue weighted by atomic mass is 16.5. The molecule has 0 saturated heterocycles. The summed E-state index contributed by atoms with van der Waals surface area (Å²) in [6.45, 7) is 3.65. The second-order valence-electron chi connectivity index (χ2n) is 3.46. The zero-order valence-corrected chi connectivity index (χ0v) is 8.79. The standard InChI is InChI=1S/C11H18N2O/c1-9(12)7-13-8-10-4-3-5-11(6-10)14-2/h3-6,9,13H,7-8,12H2,1-2H3. The number of nitrogens with one attached hydrogen (secondary N) is 1. The lowest BCUT2D eigenvalue weighted by Crippen LogP contribution is -2.30. The van der Waals surface area contributed by atoms with Crippen molar-refractivity contribution in [1.29, 1.82) is 0 Å². The van der Waals surface area contributed by atoms with Gasteiger partial charge in [0.2, 0.25) is 0 Å². The molecule has 3 N–H and O–H groups in total. The predicted octanol–water partition coefficient (Wildman–Crippen LogP) is 1.13. The smallest absolute Gasteiger partial charge is 0.119 e. The van der Waals surface area contributed by atoms with Gasteiger partial charge >= 0.3 is 0 Å². The van der Waals surface area contributed by atoms with Gasteiger partial charge in [0, 0.05) is 19.1 Å². The molecule has 1 aromatic rings. The fourth-order valence-corrected chi connectivity index (χ4v) is 1.23. The van der Waals surface area contributed by atoms with Crippen LogP contribution in [0.5, 0.6) is 5.75 Å². The van der Waals surface area contributed by atoms with E-state index >= 15 is 0 Å². The van der Waals surface area contributed by atoms with Crippen molar-refractivity contribution in [3.05, 3.63) is 29.8 Å². The Hall–Kier alpha value is -1.06. The zero-order valence-electron chi connectivity index (χ0n) is 8.79. The second-order valence-corrected chi connectivity index (χ2v) is 3.46. The van der Waals surface area contributed by atoms with Crippen molar-refractivity contribution >= 4 is 0 Å². The first-order chi connectivity index (χ1) is 6.72. The van der Waals surface area contributed by atoms with Crippen molar-refractivity contribution in [2.24, 2.45) is 5.73 Å². The van der Waals surface area contributed by atoms with E-state index in [0.29, 0.717) is 0 Å². The van der Waals surface area contributed by atoms with Gasteiger partial charge in [0.25, 0.3) is 0 Å². The van der Waals surface area contributed by atoms with Crippen molar-refractivity contribution < 1.29 is 4.74 Å². The third-order valence-corrected chi connectivity index (χ3v) is 1.93. The van der Waals surface area contributed by atoms with E-state index in [2.05, 4.69) is 11.4 Å². The maximum absolute atomic E-state index is 5.63. The number of nitrogens with two attached hydrogens (primary N) is 1. The summed E-state index contributed by atoms with van der Waals surface area (Å²) in [5, 5.41) is 3.27. The predicted molar refractivity (Wildman–Crippen MR) is 58.4 cm³/mol. The van der Waals surface area contributed by atoms with Crippen LogP contribution >= 0.6 is 0 Å². The van der Waals surface area contributed by atoms with Crippen LogP contribution in [0.1, 0.15) is 12.5 Å². The number of rotatable bonds is 5. The summed E-state index contributed by atoms with van der Waals surface area (Å²) < 4.78 is 5.13. The second kappa shape index (κ2) is 5.62. The fourth-order valence-electron chi connectivity index (χ4n) is 1.23. The summed E-state index contributed by atoms with van der Waals surface area (Å²) in [5.74, 6) is 0.894. The molecule has 0 fully saturated rings. The van der Waals surface area contributed by atoms with Crippen molar-refractivity contribution in [3.63, 3.8) is 0 Å². The van der Waals surface area contributed by atoms with Gasteiger partial charge in [-0.1, -0.05) is 12.1 Å². The molecule has 1 aromatic carbocycles. The third-order valence-electron chi connectivity index (χ3n) is 1.93. The van der Waals surface area contributed by atoms with Crippen LogP contribution in [0.4, 0.5) is 0 Å². The Morgan fingerprint density at radius 2 is 2.29 bits per heavy atom. The first-order valence-electron chi connectivity index (χ1n) is 4.81. The third kappa shape index (κ3) is 3.77. The topological polar surface area (TPSA) is 47.3 Å². The van der Waals surface area contributed by atoms with Crippen LogP contribution < -0.4 is 15.8 Å². The molecule has 0 radical (unpaired) electrons. The van der Waals surface area contributed by atoms with Crippen LogP contribution in [0.15, 0.2) is 24.3 Å². The number of hydrogen-bond donors (Lipinski definition) is 2. The van der Waals surface area contributed by atoms with Gasteiger partial charge in [-0.05, 0) is 24.6 Å². The van der Waals surface area contributed by atoms with E-state index in [1.54, 1.807) is 7.11 Å². The van der Waals surface area contributed by atoms with E-state index in [1.807, 2.05) is 25.1 Å². The summed E-state index contributed by atoms with van der Waals surface area (Å²) in [7, 11) is 1.68. The number of benzene rings is 1. The van der Waals surface area contributed by atoms with Crippen molar-refractivity contribution in [3.8, 4) is 5.75 Å². The molecule has 0 aliphatic carbocycles. The summed E-state index contributed by atoms with van der Waals surface area (Å²) in [6, 6.07) is 8.21. The summed E-state index contributed by atoms with van der Waals surface area (Å²) >= 11 is 0. The molecule has 0 aliphatic rings. The molecule has 0 amide bonds. The highest BCUT2D eigenvalue weighted by molar-refractivity contribution is 5.28. The summed E-state index contributed by atoms with van der Waals surface area (Å²) in [5.41, 5.74) is 6.84. The molecule has 78 valence electrons. The van der Waals surface area contributed by atoms with Crippen molar-refractivity contribution in [2.75, 3.05) is 13.7 Å². The fraction of sp³-hybridized carbons (Fsp3) is 0.455. The van der Waals surface area contributed by atoms with Gasteiger partial charge in [-0.25, -0.2) is 0 Å².